The number of pyridine rings is 1. The lowest BCUT2D eigenvalue weighted by Crippen LogP contribution is -2.03. The van der Waals surface area contributed by atoms with Crippen LogP contribution in [-0.4, -0.2) is 26.0 Å². The molecule has 19 heavy (non-hydrogen) atoms. The van der Waals surface area contributed by atoms with Crippen molar-refractivity contribution in [2.45, 2.75) is 24.0 Å². The number of carboxylic acid groups (broad SMARTS) is 1. The maximum atomic E-state index is 13.0. The second-order valence-electron chi connectivity index (χ2n) is 3.85. The normalized spacial score (nSPS) is 10.5. The van der Waals surface area contributed by atoms with Crippen LogP contribution in [0, 0.1) is 19.7 Å². The van der Waals surface area contributed by atoms with Gasteiger partial charge in [-0.15, -0.1) is 0 Å². The Balaban J connectivity index is 2.40. The van der Waals surface area contributed by atoms with Crippen LogP contribution >= 0.6 is 11.8 Å². The first kappa shape index (κ1) is 13.4. The zero-order valence-electron chi connectivity index (χ0n) is 10.2. The number of carboxylic acids is 1. The van der Waals surface area contributed by atoms with E-state index >= 15 is 0 Å². The molecule has 0 unspecified atom stereocenters. The van der Waals surface area contributed by atoms with E-state index in [1.54, 1.807) is 6.07 Å². The Morgan fingerprint density at radius 2 is 1.89 bits per heavy atom. The fraction of sp³-hybridized carbons (Fsp3) is 0.167. The Labute approximate surface area is 112 Å². The lowest BCUT2D eigenvalue weighted by atomic mass is 10.3. The number of hydrogen-bond donors (Lipinski definition) is 1. The van der Waals surface area contributed by atoms with Gasteiger partial charge in [0.15, 0.2) is 5.16 Å². The molecule has 0 spiro atoms. The van der Waals surface area contributed by atoms with Crippen molar-refractivity contribution in [2.75, 3.05) is 0 Å². The monoisotopic (exact) mass is 279 g/mol. The van der Waals surface area contributed by atoms with Crippen LogP contribution in [0.15, 0.2) is 28.5 Å². The molecule has 0 aromatic carbocycles. The summed E-state index contributed by atoms with van der Waals surface area (Å²) in [6, 6.07) is 2.74. The average Bonchev–Trinajstić information content (AvgIpc) is 2.30. The van der Waals surface area contributed by atoms with E-state index in [9.17, 15) is 9.18 Å². The maximum Gasteiger partial charge on any atom is 0.338 e. The van der Waals surface area contributed by atoms with Gasteiger partial charge in [-0.05, 0) is 37.7 Å². The standard InChI is InChI=1S/C12H10FN3O2S/c1-6-3-7(2)16-12(15-6)19-10-9(11(17)18)4-8(13)5-14-10/h3-5H,1-2H3,(H,17,18). The molecule has 2 heterocycles. The number of halogens is 1. The fourth-order valence-electron chi connectivity index (χ4n) is 1.49. The molecule has 0 amide bonds. The van der Waals surface area contributed by atoms with Gasteiger partial charge in [-0.2, -0.15) is 0 Å². The lowest BCUT2D eigenvalue weighted by Gasteiger charge is -2.05. The minimum absolute atomic E-state index is 0.166. The van der Waals surface area contributed by atoms with E-state index in [0.29, 0.717) is 5.16 Å². The molecular weight excluding hydrogens is 269 g/mol. The Morgan fingerprint density at radius 3 is 2.47 bits per heavy atom. The van der Waals surface area contributed by atoms with E-state index in [2.05, 4.69) is 15.0 Å². The highest BCUT2D eigenvalue weighted by Crippen LogP contribution is 2.26. The quantitative estimate of drug-likeness (QED) is 0.870. The highest BCUT2D eigenvalue weighted by atomic mass is 32.2. The van der Waals surface area contributed by atoms with E-state index in [-0.39, 0.29) is 10.6 Å². The van der Waals surface area contributed by atoms with Gasteiger partial charge >= 0.3 is 5.97 Å². The van der Waals surface area contributed by atoms with E-state index in [1.165, 1.54) is 0 Å². The summed E-state index contributed by atoms with van der Waals surface area (Å²) >= 11 is 0.999. The molecule has 0 radical (unpaired) electrons. The highest BCUT2D eigenvalue weighted by Gasteiger charge is 2.15. The molecule has 0 bridgehead atoms. The molecule has 7 heteroatoms. The maximum absolute atomic E-state index is 13.0. The van der Waals surface area contributed by atoms with Gasteiger partial charge in [-0.3, -0.25) is 0 Å². The second-order valence-corrected chi connectivity index (χ2v) is 4.80. The van der Waals surface area contributed by atoms with Gasteiger partial charge in [0.05, 0.1) is 11.8 Å². The molecule has 2 aromatic rings. The van der Waals surface area contributed by atoms with E-state index in [4.69, 9.17) is 5.11 Å². The summed E-state index contributed by atoms with van der Waals surface area (Å²) in [6.45, 7) is 3.63. The van der Waals surface area contributed by atoms with Crippen molar-refractivity contribution in [3.05, 3.63) is 41.1 Å². The van der Waals surface area contributed by atoms with Crippen molar-refractivity contribution in [1.82, 2.24) is 15.0 Å². The summed E-state index contributed by atoms with van der Waals surface area (Å²) in [4.78, 5) is 23.2. The van der Waals surface area contributed by atoms with Gasteiger partial charge in [0.2, 0.25) is 0 Å². The van der Waals surface area contributed by atoms with Gasteiger partial charge in [0.1, 0.15) is 10.8 Å². The summed E-state index contributed by atoms with van der Waals surface area (Å²) < 4.78 is 13.0. The number of hydrogen-bond acceptors (Lipinski definition) is 5. The zero-order chi connectivity index (χ0) is 14.0. The Hall–Kier alpha value is -2.02. The summed E-state index contributed by atoms with van der Waals surface area (Å²) in [5.41, 5.74) is 1.34. The third kappa shape index (κ3) is 3.25. The van der Waals surface area contributed by atoms with Crippen LogP contribution < -0.4 is 0 Å². The van der Waals surface area contributed by atoms with Crippen molar-refractivity contribution in [1.29, 1.82) is 0 Å². The van der Waals surface area contributed by atoms with Crippen LogP contribution in [0.2, 0.25) is 0 Å². The Morgan fingerprint density at radius 1 is 1.26 bits per heavy atom. The molecule has 0 fully saturated rings. The van der Waals surface area contributed by atoms with Crippen molar-refractivity contribution in [2.24, 2.45) is 0 Å². The summed E-state index contributed by atoms with van der Waals surface area (Å²) in [5.74, 6) is -1.93. The van der Waals surface area contributed by atoms with Gasteiger partial charge < -0.3 is 5.11 Å². The molecule has 0 aliphatic rings. The summed E-state index contributed by atoms with van der Waals surface area (Å²) in [7, 11) is 0. The van der Waals surface area contributed by atoms with E-state index in [1.807, 2.05) is 13.8 Å². The van der Waals surface area contributed by atoms with Crippen molar-refractivity contribution >= 4 is 17.7 Å². The lowest BCUT2D eigenvalue weighted by molar-refractivity contribution is 0.0691. The van der Waals surface area contributed by atoms with Crippen LogP contribution in [0.25, 0.3) is 0 Å². The largest absolute Gasteiger partial charge is 0.478 e. The second kappa shape index (κ2) is 5.31. The average molecular weight is 279 g/mol. The van der Waals surface area contributed by atoms with Crippen molar-refractivity contribution < 1.29 is 14.3 Å². The fourth-order valence-corrected chi connectivity index (χ4v) is 2.40. The molecule has 0 saturated heterocycles. The molecule has 98 valence electrons. The van der Waals surface area contributed by atoms with Gasteiger partial charge in [0, 0.05) is 11.4 Å². The predicted molar refractivity (Wildman–Crippen MR) is 66.8 cm³/mol. The third-order valence-corrected chi connectivity index (χ3v) is 3.08. The summed E-state index contributed by atoms with van der Waals surface area (Å²) in [6.07, 6.45) is 0.970. The van der Waals surface area contributed by atoms with Crippen LogP contribution in [0.3, 0.4) is 0 Å². The predicted octanol–water partition coefficient (Wildman–Crippen LogP) is 2.48. The molecule has 2 aromatic heterocycles. The van der Waals surface area contributed by atoms with Gasteiger partial charge in [0.25, 0.3) is 0 Å². The number of aryl methyl sites for hydroxylation is 2. The van der Waals surface area contributed by atoms with Gasteiger partial charge in [-0.25, -0.2) is 24.1 Å². The number of aromatic carboxylic acids is 1. The highest BCUT2D eigenvalue weighted by molar-refractivity contribution is 7.99. The Kier molecular flexibility index (Phi) is 3.75. The zero-order valence-corrected chi connectivity index (χ0v) is 11.0. The Bertz CT molecular complexity index is 629. The number of aromatic nitrogens is 3. The van der Waals surface area contributed by atoms with Crippen LogP contribution in [0.4, 0.5) is 4.39 Å². The number of rotatable bonds is 3. The number of nitrogens with zero attached hydrogens (tertiary/aromatic N) is 3. The molecule has 0 aliphatic heterocycles. The first-order chi connectivity index (χ1) is 8.95. The van der Waals surface area contributed by atoms with Crippen LogP contribution in [-0.2, 0) is 0 Å². The van der Waals surface area contributed by atoms with Crippen LogP contribution in [0.1, 0.15) is 21.7 Å². The van der Waals surface area contributed by atoms with E-state index < -0.39 is 11.8 Å². The summed E-state index contributed by atoms with van der Waals surface area (Å²) in [5, 5.41) is 9.57. The molecule has 0 aliphatic carbocycles. The topological polar surface area (TPSA) is 76.0 Å². The molecule has 2 rings (SSSR count). The van der Waals surface area contributed by atoms with Crippen molar-refractivity contribution in [3.8, 4) is 0 Å². The first-order valence-electron chi connectivity index (χ1n) is 5.34. The molecule has 5 nitrogen and oxygen atoms in total. The van der Waals surface area contributed by atoms with E-state index in [0.717, 1.165) is 35.4 Å². The number of carbonyl (C=O) groups is 1. The van der Waals surface area contributed by atoms with Crippen molar-refractivity contribution in [3.63, 3.8) is 0 Å². The minimum Gasteiger partial charge on any atom is -0.478 e. The molecule has 1 N–H and O–H groups in total. The molecule has 0 saturated carbocycles. The first-order valence-corrected chi connectivity index (χ1v) is 6.16. The smallest absolute Gasteiger partial charge is 0.338 e. The SMILES string of the molecule is Cc1cc(C)nc(Sc2ncc(F)cc2C(=O)O)n1. The third-order valence-electron chi connectivity index (χ3n) is 2.20. The van der Waals surface area contributed by atoms with Gasteiger partial charge in [-0.1, -0.05) is 0 Å². The molecular formula is C12H10FN3O2S. The van der Waals surface area contributed by atoms with Crippen LogP contribution in [0.5, 0.6) is 0 Å². The molecule has 0 atom stereocenters. The minimum atomic E-state index is -1.24.